The molecule has 1 aromatic rings. The molecule has 5 nitrogen and oxygen atoms in total. The van der Waals surface area contributed by atoms with E-state index < -0.39 is 0 Å². The molecule has 1 fully saturated rings. The topological polar surface area (TPSA) is 61.4 Å². The van der Waals surface area contributed by atoms with Crippen LogP contribution in [0.1, 0.15) is 17.3 Å². The third-order valence-electron chi connectivity index (χ3n) is 3.31. The minimum atomic E-state index is -0.234. The van der Waals surface area contributed by atoms with Gasteiger partial charge in [-0.15, -0.1) is 0 Å². The SMILES string of the molecule is C[C@H]1CNCCN1C(=O)CNC(=O)c1cccc(Br)c1. The van der Waals surface area contributed by atoms with Crippen LogP contribution in [-0.2, 0) is 4.79 Å². The van der Waals surface area contributed by atoms with Crippen molar-refractivity contribution in [2.45, 2.75) is 13.0 Å². The number of rotatable bonds is 3. The molecule has 2 amide bonds. The van der Waals surface area contributed by atoms with Gasteiger partial charge >= 0.3 is 0 Å². The van der Waals surface area contributed by atoms with Crippen molar-refractivity contribution in [2.24, 2.45) is 0 Å². The van der Waals surface area contributed by atoms with Gasteiger partial charge in [-0.1, -0.05) is 22.0 Å². The molecule has 1 aliphatic rings. The van der Waals surface area contributed by atoms with E-state index in [1.807, 2.05) is 13.0 Å². The summed E-state index contributed by atoms with van der Waals surface area (Å²) in [6.45, 7) is 4.32. The molecule has 108 valence electrons. The fourth-order valence-electron chi connectivity index (χ4n) is 2.20. The highest BCUT2D eigenvalue weighted by Gasteiger charge is 2.23. The lowest BCUT2D eigenvalue weighted by molar-refractivity contribution is -0.132. The quantitative estimate of drug-likeness (QED) is 0.863. The summed E-state index contributed by atoms with van der Waals surface area (Å²) >= 11 is 3.32. The molecule has 1 aliphatic heterocycles. The Hall–Kier alpha value is -1.40. The van der Waals surface area contributed by atoms with Crippen LogP contribution < -0.4 is 10.6 Å². The summed E-state index contributed by atoms with van der Waals surface area (Å²) in [4.78, 5) is 25.8. The Labute approximate surface area is 126 Å². The third-order valence-corrected chi connectivity index (χ3v) is 3.80. The predicted octanol–water partition coefficient (Wildman–Crippen LogP) is 0.999. The second-order valence-electron chi connectivity index (χ2n) is 4.83. The van der Waals surface area contributed by atoms with E-state index in [9.17, 15) is 9.59 Å². The molecule has 1 saturated heterocycles. The van der Waals surface area contributed by atoms with Gasteiger partial charge in [0.25, 0.3) is 5.91 Å². The molecule has 0 aromatic heterocycles. The Morgan fingerprint density at radius 2 is 2.30 bits per heavy atom. The van der Waals surface area contributed by atoms with Gasteiger partial charge in [0, 0.05) is 35.7 Å². The second-order valence-corrected chi connectivity index (χ2v) is 5.75. The Bertz CT molecular complexity index is 507. The zero-order chi connectivity index (χ0) is 14.5. The third kappa shape index (κ3) is 3.80. The first kappa shape index (κ1) is 15.0. The largest absolute Gasteiger partial charge is 0.343 e. The zero-order valence-electron chi connectivity index (χ0n) is 11.4. The molecule has 1 aromatic carbocycles. The van der Waals surface area contributed by atoms with Gasteiger partial charge < -0.3 is 15.5 Å². The number of halogens is 1. The lowest BCUT2D eigenvalue weighted by atomic mass is 10.2. The van der Waals surface area contributed by atoms with Gasteiger partial charge in [-0.25, -0.2) is 0 Å². The van der Waals surface area contributed by atoms with E-state index in [1.54, 1.807) is 23.1 Å². The zero-order valence-corrected chi connectivity index (χ0v) is 12.9. The summed E-state index contributed by atoms with van der Waals surface area (Å²) < 4.78 is 0.840. The molecule has 20 heavy (non-hydrogen) atoms. The van der Waals surface area contributed by atoms with Gasteiger partial charge in [0.15, 0.2) is 0 Å². The molecule has 6 heteroatoms. The van der Waals surface area contributed by atoms with E-state index in [1.165, 1.54) is 0 Å². The number of carbonyl (C=O) groups is 2. The van der Waals surface area contributed by atoms with Crippen LogP contribution in [0.5, 0.6) is 0 Å². The first-order valence-corrected chi connectivity index (χ1v) is 7.41. The first-order valence-electron chi connectivity index (χ1n) is 6.62. The Morgan fingerprint density at radius 1 is 1.50 bits per heavy atom. The fourth-order valence-corrected chi connectivity index (χ4v) is 2.60. The summed E-state index contributed by atoms with van der Waals surface area (Å²) in [5, 5.41) is 5.90. The summed E-state index contributed by atoms with van der Waals surface area (Å²) in [5.41, 5.74) is 0.542. The highest BCUT2D eigenvalue weighted by Crippen LogP contribution is 2.11. The van der Waals surface area contributed by atoms with Crippen LogP contribution in [-0.4, -0.2) is 48.9 Å². The normalized spacial score (nSPS) is 18.7. The molecule has 0 saturated carbocycles. The standard InChI is InChI=1S/C14H18BrN3O2/c1-10-8-16-5-6-18(10)13(19)9-17-14(20)11-3-2-4-12(15)7-11/h2-4,7,10,16H,5-6,8-9H2,1H3,(H,17,20)/t10-/m0/s1. The molecule has 0 unspecified atom stereocenters. The molecular weight excluding hydrogens is 322 g/mol. The Balaban J connectivity index is 1.88. The van der Waals surface area contributed by atoms with E-state index in [2.05, 4.69) is 26.6 Å². The number of nitrogens with zero attached hydrogens (tertiary/aromatic N) is 1. The molecule has 1 atom stereocenters. The van der Waals surface area contributed by atoms with Crippen molar-refractivity contribution < 1.29 is 9.59 Å². The highest BCUT2D eigenvalue weighted by atomic mass is 79.9. The van der Waals surface area contributed by atoms with Crippen molar-refractivity contribution in [3.8, 4) is 0 Å². The highest BCUT2D eigenvalue weighted by molar-refractivity contribution is 9.10. The van der Waals surface area contributed by atoms with Gasteiger partial charge in [-0.3, -0.25) is 9.59 Å². The fraction of sp³-hybridized carbons (Fsp3) is 0.429. The Kier molecular flexibility index (Phi) is 5.14. The lowest BCUT2D eigenvalue weighted by Crippen LogP contribution is -2.54. The van der Waals surface area contributed by atoms with E-state index in [-0.39, 0.29) is 24.4 Å². The average molecular weight is 340 g/mol. The lowest BCUT2D eigenvalue weighted by Gasteiger charge is -2.34. The number of hydrogen-bond acceptors (Lipinski definition) is 3. The van der Waals surface area contributed by atoms with E-state index in [0.717, 1.165) is 17.6 Å². The van der Waals surface area contributed by atoms with Crippen LogP contribution in [0, 0.1) is 0 Å². The van der Waals surface area contributed by atoms with Crippen molar-refractivity contribution in [1.82, 2.24) is 15.5 Å². The summed E-state index contributed by atoms with van der Waals surface area (Å²) in [5.74, 6) is -0.273. The minimum absolute atomic E-state index is 0.0374. The molecule has 0 bridgehead atoms. The monoisotopic (exact) mass is 339 g/mol. The van der Waals surface area contributed by atoms with Crippen molar-refractivity contribution in [3.05, 3.63) is 34.3 Å². The maximum Gasteiger partial charge on any atom is 0.251 e. The molecule has 1 heterocycles. The van der Waals surface area contributed by atoms with Crippen LogP contribution in [0.3, 0.4) is 0 Å². The maximum absolute atomic E-state index is 12.1. The van der Waals surface area contributed by atoms with Crippen LogP contribution in [0.4, 0.5) is 0 Å². The number of piperazine rings is 1. The molecule has 2 rings (SSSR count). The summed E-state index contributed by atoms with van der Waals surface area (Å²) in [6.07, 6.45) is 0. The minimum Gasteiger partial charge on any atom is -0.343 e. The van der Waals surface area contributed by atoms with E-state index in [0.29, 0.717) is 12.1 Å². The predicted molar refractivity (Wildman–Crippen MR) is 80.5 cm³/mol. The van der Waals surface area contributed by atoms with Gasteiger partial charge in [-0.05, 0) is 25.1 Å². The van der Waals surface area contributed by atoms with Crippen LogP contribution in [0.2, 0.25) is 0 Å². The number of nitrogens with one attached hydrogen (secondary N) is 2. The van der Waals surface area contributed by atoms with Gasteiger partial charge in [0.05, 0.1) is 6.54 Å². The smallest absolute Gasteiger partial charge is 0.251 e. The number of benzene rings is 1. The first-order chi connectivity index (χ1) is 9.58. The van der Waals surface area contributed by atoms with E-state index >= 15 is 0 Å². The molecular formula is C14H18BrN3O2. The summed E-state index contributed by atoms with van der Waals surface area (Å²) in [7, 11) is 0. The van der Waals surface area contributed by atoms with Crippen molar-refractivity contribution in [3.63, 3.8) is 0 Å². The Morgan fingerprint density at radius 3 is 3.00 bits per heavy atom. The molecule has 0 radical (unpaired) electrons. The number of carbonyl (C=O) groups excluding carboxylic acids is 2. The maximum atomic E-state index is 12.1. The number of hydrogen-bond donors (Lipinski definition) is 2. The average Bonchev–Trinajstić information content (AvgIpc) is 2.45. The van der Waals surface area contributed by atoms with Crippen LogP contribution in [0.15, 0.2) is 28.7 Å². The number of amides is 2. The molecule has 0 spiro atoms. The van der Waals surface area contributed by atoms with Gasteiger partial charge in [0.1, 0.15) is 0 Å². The van der Waals surface area contributed by atoms with Crippen molar-refractivity contribution in [1.29, 1.82) is 0 Å². The molecule has 0 aliphatic carbocycles. The van der Waals surface area contributed by atoms with Crippen molar-refractivity contribution >= 4 is 27.7 Å². The second kappa shape index (κ2) is 6.85. The summed E-state index contributed by atoms with van der Waals surface area (Å²) in [6, 6.07) is 7.26. The molecule has 2 N–H and O–H groups in total. The van der Waals surface area contributed by atoms with Crippen LogP contribution in [0.25, 0.3) is 0 Å². The van der Waals surface area contributed by atoms with Crippen LogP contribution >= 0.6 is 15.9 Å². The van der Waals surface area contributed by atoms with Crippen molar-refractivity contribution in [2.75, 3.05) is 26.2 Å². The van der Waals surface area contributed by atoms with E-state index in [4.69, 9.17) is 0 Å². The van der Waals surface area contributed by atoms with Gasteiger partial charge in [0.2, 0.25) is 5.91 Å². The van der Waals surface area contributed by atoms with Gasteiger partial charge in [-0.2, -0.15) is 0 Å².